The molecule has 10 heteroatoms. The summed E-state index contributed by atoms with van der Waals surface area (Å²) in [7, 11) is 0. The molecular formula is C29H30BrN3O6. The average Bonchev–Trinajstić information content (AvgIpc) is 2.92. The van der Waals surface area contributed by atoms with Crippen molar-refractivity contribution < 1.29 is 29.0 Å². The highest BCUT2D eigenvalue weighted by Gasteiger charge is 2.30. The van der Waals surface area contributed by atoms with Gasteiger partial charge in [0.1, 0.15) is 5.75 Å². The van der Waals surface area contributed by atoms with Gasteiger partial charge >= 0.3 is 6.09 Å². The lowest BCUT2D eigenvalue weighted by Gasteiger charge is -2.27. The molecule has 3 amide bonds. The minimum absolute atomic E-state index is 0.106. The molecule has 39 heavy (non-hydrogen) atoms. The zero-order chi connectivity index (χ0) is 28.2. The molecule has 0 aliphatic carbocycles. The van der Waals surface area contributed by atoms with E-state index in [2.05, 4.69) is 26.6 Å². The van der Waals surface area contributed by atoms with Gasteiger partial charge in [-0.25, -0.2) is 4.79 Å². The number of nitrogens with one attached hydrogen (secondary N) is 2. The number of halogens is 1. The summed E-state index contributed by atoms with van der Waals surface area (Å²) in [5, 5.41) is 15.5. The molecule has 0 radical (unpaired) electrons. The number of rotatable bonds is 11. The maximum atomic E-state index is 12.8. The van der Waals surface area contributed by atoms with Gasteiger partial charge in [-0.15, -0.1) is 0 Å². The van der Waals surface area contributed by atoms with Gasteiger partial charge in [0.05, 0.1) is 17.5 Å². The molecule has 0 fully saturated rings. The van der Waals surface area contributed by atoms with Crippen LogP contribution in [0.25, 0.3) is 0 Å². The van der Waals surface area contributed by atoms with Crippen molar-refractivity contribution in [2.75, 3.05) is 17.7 Å². The molecule has 0 bridgehead atoms. The number of ether oxygens (including phenoxy) is 2. The topological polar surface area (TPSA) is 140 Å². The highest BCUT2D eigenvalue weighted by molar-refractivity contribution is 9.10. The van der Waals surface area contributed by atoms with Crippen LogP contribution in [-0.2, 0) is 14.3 Å². The second kappa shape index (κ2) is 14.7. The summed E-state index contributed by atoms with van der Waals surface area (Å²) in [4.78, 5) is 37.5. The normalized spacial score (nSPS) is 12.5. The maximum Gasteiger partial charge on any atom is 0.414 e. The first kappa shape index (κ1) is 29.4. The van der Waals surface area contributed by atoms with E-state index < -0.39 is 24.2 Å². The minimum Gasteiger partial charge on any atom is -0.508 e. The fourth-order valence-electron chi connectivity index (χ4n) is 3.76. The monoisotopic (exact) mass is 595 g/mol. The van der Waals surface area contributed by atoms with Crippen LogP contribution >= 0.6 is 15.9 Å². The van der Waals surface area contributed by atoms with Crippen LogP contribution in [0.1, 0.15) is 41.8 Å². The highest BCUT2D eigenvalue weighted by atomic mass is 79.9. The van der Waals surface area contributed by atoms with Gasteiger partial charge in [-0.1, -0.05) is 52.3 Å². The van der Waals surface area contributed by atoms with Crippen LogP contribution < -0.4 is 16.4 Å². The molecule has 0 unspecified atom stereocenters. The van der Waals surface area contributed by atoms with E-state index in [1.54, 1.807) is 79.7 Å². The summed E-state index contributed by atoms with van der Waals surface area (Å²) >= 11 is 3.38. The molecule has 0 saturated carbocycles. The zero-order valence-corrected chi connectivity index (χ0v) is 22.9. The number of nitrogens with two attached hydrogens (primary N) is 1. The van der Waals surface area contributed by atoms with Gasteiger partial charge in [-0.05, 0) is 68.3 Å². The Bertz CT molecular complexity index is 1320. The van der Waals surface area contributed by atoms with Crippen LogP contribution in [0.5, 0.6) is 5.75 Å². The van der Waals surface area contributed by atoms with Crippen molar-refractivity contribution in [2.45, 2.75) is 32.0 Å². The Morgan fingerprint density at radius 2 is 1.77 bits per heavy atom. The predicted octanol–water partition coefficient (Wildman–Crippen LogP) is 5.72. The van der Waals surface area contributed by atoms with E-state index in [0.717, 1.165) is 0 Å². The van der Waals surface area contributed by atoms with Crippen LogP contribution in [0, 0.1) is 0 Å². The Kier molecular flexibility index (Phi) is 11.1. The quantitative estimate of drug-likeness (QED) is 0.164. The van der Waals surface area contributed by atoms with Crippen LogP contribution in [0.2, 0.25) is 0 Å². The number of imide groups is 1. The molecule has 0 aliphatic rings. The van der Waals surface area contributed by atoms with Gasteiger partial charge in [0, 0.05) is 22.2 Å². The third kappa shape index (κ3) is 8.98. The summed E-state index contributed by atoms with van der Waals surface area (Å²) in [5.41, 5.74) is 7.41. The first-order chi connectivity index (χ1) is 18.8. The van der Waals surface area contributed by atoms with Crippen molar-refractivity contribution in [3.8, 4) is 5.75 Å². The number of nitrogen functional groups attached to an aromatic ring is 1. The molecular weight excluding hydrogens is 566 g/mol. The molecule has 0 aromatic heterocycles. The van der Waals surface area contributed by atoms with Crippen molar-refractivity contribution in [3.63, 3.8) is 0 Å². The molecule has 3 aromatic carbocycles. The lowest BCUT2D eigenvalue weighted by Crippen LogP contribution is -2.35. The number of para-hydroxylation sites is 2. The van der Waals surface area contributed by atoms with Crippen LogP contribution in [0.3, 0.4) is 0 Å². The Morgan fingerprint density at radius 3 is 2.49 bits per heavy atom. The zero-order valence-electron chi connectivity index (χ0n) is 21.3. The van der Waals surface area contributed by atoms with Crippen LogP contribution in [-0.4, -0.2) is 35.7 Å². The van der Waals surface area contributed by atoms with Gasteiger partial charge in [-0.3, -0.25) is 14.9 Å². The molecule has 204 valence electrons. The Morgan fingerprint density at radius 1 is 1.05 bits per heavy atom. The molecule has 9 nitrogen and oxygen atoms in total. The number of hydrogen-bond donors (Lipinski definition) is 4. The van der Waals surface area contributed by atoms with Gasteiger partial charge < -0.3 is 25.6 Å². The van der Waals surface area contributed by atoms with E-state index >= 15 is 0 Å². The second-order valence-electron chi connectivity index (χ2n) is 8.40. The summed E-state index contributed by atoms with van der Waals surface area (Å²) in [5.74, 6) is -1.08. The van der Waals surface area contributed by atoms with Crippen molar-refractivity contribution in [3.05, 3.63) is 101 Å². The van der Waals surface area contributed by atoms with E-state index in [4.69, 9.17) is 15.2 Å². The molecule has 0 saturated heterocycles. The lowest BCUT2D eigenvalue weighted by atomic mass is 9.99. The summed E-state index contributed by atoms with van der Waals surface area (Å²) in [6.07, 6.45) is 1.02. The Hall–Kier alpha value is -4.15. The van der Waals surface area contributed by atoms with E-state index in [-0.39, 0.29) is 11.7 Å². The highest BCUT2D eigenvalue weighted by Crippen LogP contribution is 2.35. The minimum atomic E-state index is -1.06. The standard InChI is InChI=1S/C29H30BrN3O6/c1-2-38-25(14-8-9-15-26(35)32-23-13-7-6-12-22(23)31)27(21-18-20(30)16-17-24(21)34)39-29(37)33-28(36)19-10-4-3-5-11-19/h3-7,9-13,15-18,25,27,34H,2,8,14,31H2,1H3,(H,32,35)(H,33,36,37)/b15-9+/t25-,27-/m0/s1. The van der Waals surface area contributed by atoms with E-state index in [1.807, 2.05) is 0 Å². The van der Waals surface area contributed by atoms with Gasteiger partial charge in [-0.2, -0.15) is 0 Å². The van der Waals surface area contributed by atoms with Gasteiger partial charge in [0.25, 0.3) is 5.91 Å². The number of benzene rings is 3. The number of allylic oxidation sites excluding steroid dienone is 1. The molecule has 0 spiro atoms. The van der Waals surface area contributed by atoms with Crippen LogP contribution in [0.15, 0.2) is 89.4 Å². The Labute approximate surface area is 235 Å². The number of anilines is 2. The van der Waals surface area contributed by atoms with Gasteiger partial charge in [0.15, 0.2) is 6.10 Å². The van der Waals surface area contributed by atoms with Gasteiger partial charge in [0.2, 0.25) is 5.91 Å². The van der Waals surface area contributed by atoms with E-state index in [9.17, 15) is 19.5 Å². The lowest BCUT2D eigenvalue weighted by molar-refractivity contribution is -0.111. The molecule has 3 rings (SSSR count). The van der Waals surface area contributed by atoms with Crippen LogP contribution in [0.4, 0.5) is 16.2 Å². The smallest absolute Gasteiger partial charge is 0.414 e. The third-order valence-corrected chi connectivity index (χ3v) is 6.10. The van der Waals surface area contributed by atoms with Crippen molar-refractivity contribution in [2.24, 2.45) is 0 Å². The number of aromatic hydroxyl groups is 1. The number of amides is 3. The van der Waals surface area contributed by atoms with E-state index in [1.165, 1.54) is 12.1 Å². The number of carbonyl (C=O) groups excluding carboxylic acids is 3. The van der Waals surface area contributed by atoms with Crippen molar-refractivity contribution in [1.82, 2.24) is 5.32 Å². The summed E-state index contributed by atoms with van der Waals surface area (Å²) < 4.78 is 12.2. The number of phenols is 1. The molecule has 5 N–H and O–H groups in total. The molecule has 0 aliphatic heterocycles. The first-order valence-corrected chi connectivity index (χ1v) is 13.1. The summed E-state index contributed by atoms with van der Waals surface area (Å²) in [6.45, 7) is 2.08. The molecule has 3 aromatic rings. The number of hydrogen-bond acceptors (Lipinski definition) is 7. The fraction of sp³-hybridized carbons (Fsp3) is 0.207. The second-order valence-corrected chi connectivity index (χ2v) is 9.31. The number of alkyl carbamates (subject to hydrolysis) is 1. The number of phenolic OH excluding ortho intramolecular Hbond substituents is 1. The average molecular weight is 596 g/mol. The van der Waals surface area contributed by atoms with Crippen molar-refractivity contribution >= 4 is 45.2 Å². The largest absolute Gasteiger partial charge is 0.508 e. The SMILES string of the molecule is CCO[C@@H](CC/C=C/C(=O)Nc1ccccc1N)[C@@H](OC(=O)NC(=O)c1ccccc1)c1cc(Br)ccc1O. The number of carbonyl (C=O) groups is 3. The molecule has 0 heterocycles. The maximum absolute atomic E-state index is 12.8. The van der Waals surface area contributed by atoms with Crippen molar-refractivity contribution in [1.29, 1.82) is 0 Å². The summed E-state index contributed by atoms with van der Waals surface area (Å²) in [6, 6.07) is 19.9. The Balaban J connectivity index is 1.73. The molecule has 2 atom stereocenters. The fourth-order valence-corrected chi connectivity index (χ4v) is 4.14. The first-order valence-electron chi connectivity index (χ1n) is 12.3. The third-order valence-electron chi connectivity index (χ3n) is 5.61. The predicted molar refractivity (Wildman–Crippen MR) is 152 cm³/mol. The van der Waals surface area contributed by atoms with E-state index in [0.29, 0.717) is 46.4 Å².